The van der Waals surface area contributed by atoms with E-state index in [9.17, 15) is 0 Å². The van der Waals surface area contributed by atoms with Crippen molar-refractivity contribution < 1.29 is 9.47 Å². The second-order valence-corrected chi connectivity index (χ2v) is 4.12. The highest BCUT2D eigenvalue weighted by Crippen LogP contribution is 2.30. The highest BCUT2D eigenvalue weighted by Gasteiger charge is 2.10. The van der Waals surface area contributed by atoms with Crippen LogP contribution in [0.1, 0.15) is 25.5 Å². The molecule has 0 saturated carbocycles. The van der Waals surface area contributed by atoms with Gasteiger partial charge in [-0.05, 0) is 38.6 Å². The summed E-state index contributed by atoms with van der Waals surface area (Å²) in [7, 11) is 5.24. The van der Waals surface area contributed by atoms with E-state index >= 15 is 0 Å². The standard InChI is InChI=1S/C14H21NO2/c1-10(2)8-12(15-3)11-6-7-13(16-4)14(9-11)17-5/h6-9,12,15H,1-5H3. The largest absolute Gasteiger partial charge is 0.493 e. The number of likely N-dealkylation sites (N-methyl/N-ethyl adjacent to an activating group) is 1. The Hall–Kier alpha value is -1.48. The van der Waals surface area contributed by atoms with E-state index < -0.39 is 0 Å². The van der Waals surface area contributed by atoms with Crippen molar-refractivity contribution in [2.24, 2.45) is 0 Å². The van der Waals surface area contributed by atoms with E-state index in [2.05, 4.69) is 25.2 Å². The first-order valence-corrected chi connectivity index (χ1v) is 5.66. The summed E-state index contributed by atoms with van der Waals surface area (Å²) in [6.45, 7) is 4.18. The Labute approximate surface area is 103 Å². The highest BCUT2D eigenvalue weighted by molar-refractivity contribution is 5.44. The van der Waals surface area contributed by atoms with Gasteiger partial charge in [0.15, 0.2) is 11.5 Å². The molecular weight excluding hydrogens is 214 g/mol. The Kier molecular flexibility index (Phi) is 5.04. The maximum absolute atomic E-state index is 5.30. The maximum atomic E-state index is 5.30. The van der Waals surface area contributed by atoms with Crippen LogP contribution < -0.4 is 14.8 Å². The molecule has 94 valence electrons. The van der Waals surface area contributed by atoms with Crippen molar-refractivity contribution in [1.82, 2.24) is 5.32 Å². The molecule has 0 aromatic heterocycles. The van der Waals surface area contributed by atoms with Gasteiger partial charge in [0.1, 0.15) is 0 Å². The van der Waals surface area contributed by atoms with E-state index in [1.165, 1.54) is 5.57 Å². The Morgan fingerprint density at radius 2 is 1.82 bits per heavy atom. The molecule has 1 N–H and O–H groups in total. The van der Waals surface area contributed by atoms with Gasteiger partial charge in [0.2, 0.25) is 0 Å². The Morgan fingerprint density at radius 3 is 2.29 bits per heavy atom. The van der Waals surface area contributed by atoms with Gasteiger partial charge in [-0.1, -0.05) is 17.7 Å². The fourth-order valence-corrected chi connectivity index (χ4v) is 1.73. The van der Waals surface area contributed by atoms with Gasteiger partial charge in [-0.25, -0.2) is 0 Å². The monoisotopic (exact) mass is 235 g/mol. The van der Waals surface area contributed by atoms with E-state index in [0.717, 1.165) is 17.1 Å². The van der Waals surface area contributed by atoms with Crippen LogP contribution in [0.3, 0.4) is 0 Å². The first-order valence-electron chi connectivity index (χ1n) is 5.66. The minimum absolute atomic E-state index is 0.194. The lowest BCUT2D eigenvalue weighted by atomic mass is 10.0. The number of rotatable bonds is 5. The van der Waals surface area contributed by atoms with Crippen molar-refractivity contribution in [3.63, 3.8) is 0 Å². The van der Waals surface area contributed by atoms with Crippen molar-refractivity contribution in [2.75, 3.05) is 21.3 Å². The van der Waals surface area contributed by atoms with E-state index in [0.29, 0.717) is 0 Å². The zero-order valence-corrected chi connectivity index (χ0v) is 11.2. The second kappa shape index (κ2) is 6.30. The van der Waals surface area contributed by atoms with Crippen molar-refractivity contribution >= 4 is 0 Å². The fraction of sp³-hybridized carbons (Fsp3) is 0.429. The zero-order chi connectivity index (χ0) is 12.8. The third-order valence-corrected chi connectivity index (χ3v) is 2.58. The van der Waals surface area contributed by atoms with Crippen molar-refractivity contribution in [1.29, 1.82) is 0 Å². The summed E-state index contributed by atoms with van der Waals surface area (Å²) >= 11 is 0. The third kappa shape index (κ3) is 3.49. The fourth-order valence-electron chi connectivity index (χ4n) is 1.73. The van der Waals surface area contributed by atoms with E-state index in [-0.39, 0.29) is 6.04 Å². The molecule has 0 radical (unpaired) electrons. The summed E-state index contributed by atoms with van der Waals surface area (Å²) < 4.78 is 10.5. The van der Waals surface area contributed by atoms with Gasteiger partial charge in [-0.3, -0.25) is 0 Å². The molecule has 0 amide bonds. The molecule has 0 fully saturated rings. The molecular formula is C14H21NO2. The number of benzene rings is 1. The molecule has 3 nitrogen and oxygen atoms in total. The maximum Gasteiger partial charge on any atom is 0.161 e. The molecule has 0 heterocycles. The summed E-state index contributed by atoms with van der Waals surface area (Å²) in [6, 6.07) is 6.17. The summed E-state index contributed by atoms with van der Waals surface area (Å²) in [4.78, 5) is 0. The average molecular weight is 235 g/mol. The van der Waals surface area contributed by atoms with Crippen LogP contribution in [0.25, 0.3) is 0 Å². The molecule has 0 aliphatic carbocycles. The molecule has 0 spiro atoms. The predicted octanol–water partition coefficient (Wildman–Crippen LogP) is 2.93. The summed E-state index contributed by atoms with van der Waals surface area (Å²) in [5.41, 5.74) is 2.44. The first kappa shape index (κ1) is 13.6. The van der Waals surface area contributed by atoms with Crippen LogP contribution in [0.4, 0.5) is 0 Å². The van der Waals surface area contributed by atoms with E-state index in [4.69, 9.17) is 9.47 Å². The molecule has 1 atom stereocenters. The van der Waals surface area contributed by atoms with Gasteiger partial charge < -0.3 is 14.8 Å². The van der Waals surface area contributed by atoms with Gasteiger partial charge in [0.05, 0.1) is 20.3 Å². The minimum Gasteiger partial charge on any atom is -0.493 e. The van der Waals surface area contributed by atoms with Gasteiger partial charge in [0, 0.05) is 0 Å². The Bertz CT molecular complexity index is 395. The quantitative estimate of drug-likeness (QED) is 0.796. The van der Waals surface area contributed by atoms with Crippen LogP contribution in [-0.4, -0.2) is 21.3 Å². The number of ether oxygens (including phenoxy) is 2. The molecule has 1 unspecified atom stereocenters. The van der Waals surface area contributed by atoms with E-state index in [1.807, 2.05) is 25.2 Å². The average Bonchev–Trinajstić information content (AvgIpc) is 2.34. The minimum atomic E-state index is 0.194. The normalized spacial score (nSPS) is 11.8. The van der Waals surface area contributed by atoms with Crippen LogP contribution >= 0.6 is 0 Å². The lowest BCUT2D eigenvalue weighted by Gasteiger charge is -2.15. The van der Waals surface area contributed by atoms with Crippen LogP contribution in [0.15, 0.2) is 29.8 Å². The molecule has 1 aromatic rings. The molecule has 17 heavy (non-hydrogen) atoms. The summed E-state index contributed by atoms with van der Waals surface area (Å²) in [6.07, 6.45) is 2.18. The number of allylic oxidation sites excluding steroid dienone is 1. The highest BCUT2D eigenvalue weighted by atomic mass is 16.5. The number of hydrogen-bond donors (Lipinski definition) is 1. The molecule has 0 aliphatic heterocycles. The molecule has 3 heteroatoms. The second-order valence-electron chi connectivity index (χ2n) is 4.12. The summed E-state index contributed by atoms with van der Waals surface area (Å²) in [5.74, 6) is 1.51. The molecule has 0 bridgehead atoms. The number of methoxy groups -OCH3 is 2. The van der Waals surface area contributed by atoms with Crippen LogP contribution in [0.5, 0.6) is 11.5 Å². The van der Waals surface area contributed by atoms with Crippen LogP contribution in [0.2, 0.25) is 0 Å². The molecule has 1 aromatic carbocycles. The van der Waals surface area contributed by atoms with Crippen molar-refractivity contribution in [2.45, 2.75) is 19.9 Å². The molecule has 0 aliphatic rings. The van der Waals surface area contributed by atoms with Gasteiger partial charge in [-0.2, -0.15) is 0 Å². The predicted molar refractivity (Wildman–Crippen MR) is 70.8 cm³/mol. The van der Waals surface area contributed by atoms with Gasteiger partial charge in [-0.15, -0.1) is 0 Å². The van der Waals surface area contributed by atoms with Gasteiger partial charge >= 0.3 is 0 Å². The number of hydrogen-bond acceptors (Lipinski definition) is 3. The van der Waals surface area contributed by atoms with Crippen molar-refractivity contribution in [3.8, 4) is 11.5 Å². The summed E-state index contributed by atoms with van der Waals surface area (Å²) in [5, 5.41) is 3.27. The van der Waals surface area contributed by atoms with E-state index in [1.54, 1.807) is 14.2 Å². The Balaban J connectivity index is 3.09. The zero-order valence-electron chi connectivity index (χ0n) is 11.2. The topological polar surface area (TPSA) is 30.5 Å². The third-order valence-electron chi connectivity index (χ3n) is 2.58. The lowest BCUT2D eigenvalue weighted by Crippen LogP contribution is -2.14. The lowest BCUT2D eigenvalue weighted by molar-refractivity contribution is 0.354. The molecule has 1 rings (SSSR count). The smallest absolute Gasteiger partial charge is 0.161 e. The van der Waals surface area contributed by atoms with Crippen LogP contribution in [0, 0.1) is 0 Å². The van der Waals surface area contributed by atoms with Crippen LogP contribution in [-0.2, 0) is 0 Å². The SMILES string of the molecule is CNC(C=C(C)C)c1ccc(OC)c(OC)c1. The van der Waals surface area contributed by atoms with Gasteiger partial charge in [0.25, 0.3) is 0 Å². The Morgan fingerprint density at radius 1 is 1.18 bits per heavy atom. The number of nitrogens with one attached hydrogen (secondary N) is 1. The first-order chi connectivity index (χ1) is 8.12. The van der Waals surface area contributed by atoms with Crippen molar-refractivity contribution in [3.05, 3.63) is 35.4 Å². The molecule has 0 saturated heterocycles.